The third-order valence-corrected chi connectivity index (χ3v) is 4.97. The zero-order chi connectivity index (χ0) is 16.8. The minimum absolute atomic E-state index is 0.876. The van der Waals surface area contributed by atoms with E-state index in [0.29, 0.717) is 0 Å². The second-order valence-corrected chi connectivity index (χ2v) is 6.72. The van der Waals surface area contributed by atoms with Gasteiger partial charge < -0.3 is 4.90 Å². The average molecular weight is 343 g/mol. The first-order valence-corrected chi connectivity index (χ1v) is 9.07. The van der Waals surface area contributed by atoms with Crippen molar-refractivity contribution in [3.63, 3.8) is 0 Å². The molecule has 3 rings (SSSR count). The van der Waals surface area contributed by atoms with E-state index in [4.69, 9.17) is 11.6 Å². The monoisotopic (exact) mass is 342 g/mol. The van der Waals surface area contributed by atoms with Gasteiger partial charge in [-0.05, 0) is 23.6 Å². The van der Waals surface area contributed by atoms with E-state index in [1.807, 2.05) is 18.3 Å². The fourth-order valence-electron chi connectivity index (χ4n) is 3.00. The summed E-state index contributed by atoms with van der Waals surface area (Å²) >= 11 is 6.26. The van der Waals surface area contributed by atoms with Crippen molar-refractivity contribution in [1.29, 1.82) is 0 Å². The number of halogens is 1. The maximum absolute atomic E-state index is 6.26. The number of nitrogens with one attached hydrogen (secondary N) is 1. The standard InChI is InChI=1S/C20H24ClN3/c1-2-17-7-9-18(10-8-17)15-22-24-13-11-23(12-14-24)16-19-5-3-4-6-20(19)21/h3-10,15H,2,11-14,16H2,1H3/p+1/b22-15-. The fraction of sp³-hybridized carbons (Fsp3) is 0.350. The van der Waals surface area contributed by atoms with Crippen LogP contribution in [0.1, 0.15) is 23.6 Å². The maximum atomic E-state index is 6.26. The predicted octanol–water partition coefficient (Wildman–Crippen LogP) is 2.64. The predicted molar refractivity (Wildman–Crippen MR) is 101 cm³/mol. The number of rotatable bonds is 5. The highest BCUT2D eigenvalue weighted by molar-refractivity contribution is 6.31. The SMILES string of the molecule is CCc1ccc(/C=N\N2CC[NH+](Cc3ccccc3Cl)CC2)cc1. The van der Waals surface area contributed by atoms with Crippen LogP contribution in [0.5, 0.6) is 0 Å². The first-order valence-electron chi connectivity index (χ1n) is 8.69. The number of nitrogens with zero attached hydrogens (tertiary/aromatic N) is 2. The van der Waals surface area contributed by atoms with Gasteiger partial charge in [-0.15, -0.1) is 0 Å². The molecule has 2 aromatic carbocycles. The summed E-state index contributed by atoms with van der Waals surface area (Å²) in [5.41, 5.74) is 3.77. The lowest BCUT2D eigenvalue weighted by Gasteiger charge is -2.30. The quantitative estimate of drug-likeness (QED) is 0.828. The Labute approximate surface area is 149 Å². The topological polar surface area (TPSA) is 20.0 Å². The number of aryl methyl sites for hydroxylation is 1. The van der Waals surface area contributed by atoms with Crippen molar-refractivity contribution in [2.75, 3.05) is 26.2 Å². The number of hydrogen-bond donors (Lipinski definition) is 1. The molecular formula is C20H25ClN3+. The molecular weight excluding hydrogens is 318 g/mol. The number of hydrogen-bond acceptors (Lipinski definition) is 2. The summed E-state index contributed by atoms with van der Waals surface area (Å²) in [5, 5.41) is 7.68. The van der Waals surface area contributed by atoms with Gasteiger partial charge in [0.05, 0.1) is 32.4 Å². The summed E-state index contributed by atoms with van der Waals surface area (Å²) in [4.78, 5) is 1.57. The Bertz CT molecular complexity index is 674. The molecule has 1 N–H and O–H groups in total. The molecule has 0 aliphatic carbocycles. The van der Waals surface area contributed by atoms with Gasteiger partial charge in [0.25, 0.3) is 0 Å². The lowest BCUT2D eigenvalue weighted by molar-refractivity contribution is -0.918. The van der Waals surface area contributed by atoms with Crippen LogP contribution < -0.4 is 4.90 Å². The van der Waals surface area contributed by atoms with Crippen LogP contribution in [0.3, 0.4) is 0 Å². The Hall–Kier alpha value is -1.84. The van der Waals surface area contributed by atoms with E-state index in [1.54, 1.807) is 4.90 Å². The van der Waals surface area contributed by atoms with Gasteiger partial charge in [-0.25, -0.2) is 0 Å². The average Bonchev–Trinajstić information content (AvgIpc) is 2.63. The normalized spacial score (nSPS) is 16.0. The summed E-state index contributed by atoms with van der Waals surface area (Å²) in [6, 6.07) is 16.8. The van der Waals surface area contributed by atoms with Gasteiger partial charge in [-0.2, -0.15) is 5.10 Å². The molecule has 24 heavy (non-hydrogen) atoms. The molecule has 0 radical (unpaired) electrons. The van der Waals surface area contributed by atoms with E-state index in [1.165, 1.54) is 11.1 Å². The highest BCUT2D eigenvalue weighted by Gasteiger charge is 2.19. The van der Waals surface area contributed by atoms with Crippen molar-refractivity contribution in [2.45, 2.75) is 19.9 Å². The molecule has 2 aromatic rings. The Balaban J connectivity index is 1.49. The first-order chi connectivity index (χ1) is 11.7. The smallest absolute Gasteiger partial charge is 0.104 e. The van der Waals surface area contributed by atoms with Crippen LogP contribution in [0.2, 0.25) is 5.02 Å². The van der Waals surface area contributed by atoms with E-state index in [2.05, 4.69) is 53.4 Å². The number of quaternary nitrogens is 1. The Morgan fingerprint density at radius 2 is 1.79 bits per heavy atom. The zero-order valence-corrected chi connectivity index (χ0v) is 15.0. The van der Waals surface area contributed by atoms with Crippen LogP contribution in [-0.2, 0) is 13.0 Å². The van der Waals surface area contributed by atoms with E-state index >= 15 is 0 Å². The second kappa shape index (κ2) is 8.32. The molecule has 0 aromatic heterocycles. The Morgan fingerprint density at radius 1 is 1.08 bits per heavy atom. The lowest BCUT2D eigenvalue weighted by Crippen LogP contribution is -3.13. The fourth-order valence-corrected chi connectivity index (χ4v) is 3.20. The van der Waals surface area contributed by atoms with Crippen LogP contribution in [0.25, 0.3) is 0 Å². The van der Waals surface area contributed by atoms with Crippen molar-refractivity contribution in [3.8, 4) is 0 Å². The first kappa shape index (κ1) is 17.0. The molecule has 0 saturated carbocycles. The number of benzene rings is 2. The minimum atomic E-state index is 0.876. The van der Waals surface area contributed by atoms with Gasteiger partial charge in [-0.3, -0.25) is 5.01 Å². The highest BCUT2D eigenvalue weighted by atomic mass is 35.5. The largest absolute Gasteiger partial charge is 0.328 e. The van der Waals surface area contributed by atoms with E-state index in [0.717, 1.165) is 49.7 Å². The molecule has 0 atom stereocenters. The highest BCUT2D eigenvalue weighted by Crippen LogP contribution is 2.13. The van der Waals surface area contributed by atoms with Crippen molar-refractivity contribution in [2.24, 2.45) is 5.10 Å². The van der Waals surface area contributed by atoms with Crippen LogP contribution >= 0.6 is 11.6 Å². The van der Waals surface area contributed by atoms with Crippen molar-refractivity contribution < 1.29 is 4.90 Å². The Morgan fingerprint density at radius 3 is 2.46 bits per heavy atom. The van der Waals surface area contributed by atoms with Crippen molar-refractivity contribution in [3.05, 3.63) is 70.2 Å². The zero-order valence-electron chi connectivity index (χ0n) is 14.2. The summed E-state index contributed by atoms with van der Waals surface area (Å²) in [7, 11) is 0. The molecule has 126 valence electrons. The van der Waals surface area contributed by atoms with Gasteiger partial charge in [0.15, 0.2) is 0 Å². The summed E-state index contributed by atoms with van der Waals surface area (Å²) in [6.45, 7) is 7.34. The number of piperazine rings is 1. The summed E-state index contributed by atoms with van der Waals surface area (Å²) in [6.07, 6.45) is 3.05. The lowest BCUT2D eigenvalue weighted by atomic mass is 10.1. The van der Waals surface area contributed by atoms with E-state index in [9.17, 15) is 0 Å². The van der Waals surface area contributed by atoms with Crippen LogP contribution in [0, 0.1) is 0 Å². The van der Waals surface area contributed by atoms with Gasteiger partial charge >= 0.3 is 0 Å². The molecule has 3 nitrogen and oxygen atoms in total. The second-order valence-electron chi connectivity index (χ2n) is 6.31. The Kier molecular flexibility index (Phi) is 5.89. The maximum Gasteiger partial charge on any atom is 0.104 e. The summed E-state index contributed by atoms with van der Waals surface area (Å²) in [5.74, 6) is 0. The molecule has 0 amide bonds. The van der Waals surface area contributed by atoms with Crippen molar-refractivity contribution in [1.82, 2.24) is 5.01 Å². The molecule has 0 bridgehead atoms. The van der Waals surface area contributed by atoms with Gasteiger partial charge in [-0.1, -0.05) is 61.0 Å². The molecule has 1 fully saturated rings. The molecule has 1 aliphatic heterocycles. The summed E-state index contributed by atoms with van der Waals surface area (Å²) < 4.78 is 0. The van der Waals surface area contributed by atoms with E-state index < -0.39 is 0 Å². The van der Waals surface area contributed by atoms with E-state index in [-0.39, 0.29) is 0 Å². The van der Waals surface area contributed by atoms with Crippen LogP contribution in [0.4, 0.5) is 0 Å². The third kappa shape index (κ3) is 4.59. The minimum Gasteiger partial charge on any atom is -0.328 e. The third-order valence-electron chi connectivity index (χ3n) is 4.60. The number of hydrazone groups is 1. The molecule has 1 aliphatic rings. The van der Waals surface area contributed by atoms with Gasteiger partial charge in [0, 0.05) is 10.6 Å². The molecule has 1 saturated heterocycles. The van der Waals surface area contributed by atoms with Crippen LogP contribution in [0.15, 0.2) is 53.6 Å². The molecule has 4 heteroatoms. The van der Waals surface area contributed by atoms with Gasteiger partial charge in [0.1, 0.15) is 6.54 Å². The molecule has 1 heterocycles. The van der Waals surface area contributed by atoms with Gasteiger partial charge in [0.2, 0.25) is 0 Å². The van der Waals surface area contributed by atoms with Crippen LogP contribution in [-0.4, -0.2) is 37.4 Å². The van der Waals surface area contributed by atoms with Crippen molar-refractivity contribution >= 4 is 17.8 Å². The molecule has 0 spiro atoms. The molecule has 0 unspecified atom stereocenters.